The van der Waals surface area contributed by atoms with E-state index < -0.39 is 0 Å². The van der Waals surface area contributed by atoms with Gasteiger partial charge in [0.1, 0.15) is 0 Å². The molecule has 0 aromatic carbocycles. The summed E-state index contributed by atoms with van der Waals surface area (Å²) in [6.45, 7) is 7.36. The number of hydrogen-bond acceptors (Lipinski definition) is 5. The smallest absolute Gasteiger partial charge is 0.236 e. The Morgan fingerprint density at radius 3 is 2.79 bits per heavy atom. The lowest BCUT2D eigenvalue weighted by Gasteiger charge is -2.29. The van der Waals surface area contributed by atoms with E-state index in [0.29, 0.717) is 26.3 Å². The van der Waals surface area contributed by atoms with Crippen molar-refractivity contribution in [1.82, 2.24) is 19.8 Å². The molecule has 6 nitrogen and oxygen atoms in total. The zero-order valence-electron chi connectivity index (χ0n) is 14.6. The van der Waals surface area contributed by atoms with Gasteiger partial charge in [-0.3, -0.25) is 19.7 Å². The molecule has 0 aliphatic carbocycles. The summed E-state index contributed by atoms with van der Waals surface area (Å²) >= 11 is 0. The fourth-order valence-electron chi connectivity index (χ4n) is 3.46. The number of ether oxygens (including phenoxy) is 1. The molecule has 1 aromatic rings. The van der Waals surface area contributed by atoms with Gasteiger partial charge in [0, 0.05) is 31.4 Å². The van der Waals surface area contributed by atoms with Crippen LogP contribution in [0.25, 0.3) is 0 Å². The number of carbonyl (C=O) groups excluding carboxylic acids is 1. The number of likely N-dealkylation sites (tertiary alicyclic amines) is 1. The lowest BCUT2D eigenvalue weighted by atomic mass is 10.0. The molecule has 3 heterocycles. The number of hydrogen-bond donors (Lipinski definition) is 0. The minimum absolute atomic E-state index is 0.238. The highest BCUT2D eigenvalue weighted by Gasteiger charge is 2.24. The van der Waals surface area contributed by atoms with Gasteiger partial charge < -0.3 is 9.64 Å². The zero-order chi connectivity index (χ0) is 16.8. The number of aromatic nitrogens is 2. The third-order valence-corrected chi connectivity index (χ3v) is 4.83. The molecule has 24 heavy (non-hydrogen) atoms. The zero-order valence-corrected chi connectivity index (χ0v) is 14.6. The van der Waals surface area contributed by atoms with Crippen LogP contribution in [-0.4, -0.2) is 71.6 Å². The molecule has 1 aromatic heterocycles. The summed E-state index contributed by atoms with van der Waals surface area (Å²) in [6.07, 6.45) is 8.16. The molecule has 2 saturated heterocycles. The van der Waals surface area contributed by atoms with Gasteiger partial charge in [-0.2, -0.15) is 0 Å². The maximum absolute atomic E-state index is 12.7. The van der Waals surface area contributed by atoms with Crippen molar-refractivity contribution in [3.63, 3.8) is 0 Å². The van der Waals surface area contributed by atoms with Gasteiger partial charge in [-0.1, -0.05) is 6.42 Å². The van der Waals surface area contributed by atoms with Gasteiger partial charge in [0.2, 0.25) is 5.91 Å². The van der Waals surface area contributed by atoms with Gasteiger partial charge in [0.15, 0.2) is 0 Å². The van der Waals surface area contributed by atoms with E-state index in [1.807, 2.05) is 18.0 Å². The average Bonchev–Trinajstić information content (AvgIpc) is 2.83. The maximum atomic E-state index is 12.7. The summed E-state index contributed by atoms with van der Waals surface area (Å²) in [6, 6.07) is 0. The molecule has 0 radical (unpaired) electrons. The van der Waals surface area contributed by atoms with Crippen LogP contribution in [0.4, 0.5) is 0 Å². The number of aryl methyl sites for hydroxylation is 1. The molecule has 6 heteroatoms. The molecule has 0 unspecified atom stereocenters. The van der Waals surface area contributed by atoms with E-state index in [2.05, 4.69) is 14.9 Å². The highest BCUT2D eigenvalue weighted by molar-refractivity contribution is 5.78. The second kappa shape index (κ2) is 8.53. The van der Waals surface area contributed by atoms with E-state index in [1.165, 1.54) is 19.3 Å². The fourth-order valence-corrected chi connectivity index (χ4v) is 3.46. The molecule has 1 atom stereocenters. The quantitative estimate of drug-likeness (QED) is 0.831. The van der Waals surface area contributed by atoms with Crippen LogP contribution in [0.1, 0.15) is 30.7 Å². The van der Waals surface area contributed by atoms with E-state index in [4.69, 9.17) is 4.74 Å². The van der Waals surface area contributed by atoms with E-state index >= 15 is 0 Å². The Kier molecular flexibility index (Phi) is 6.15. The number of piperidine rings is 1. The molecule has 0 bridgehead atoms. The number of rotatable bonds is 4. The molecule has 3 rings (SSSR count). The van der Waals surface area contributed by atoms with E-state index in [9.17, 15) is 4.79 Å². The summed E-state index contributed by atoms with van der Waals surface area (Å²) in [5.74, 6) is 0.525. The summed E-state index contributed by atoms with van der Waals surface area (Å²) in [4.78, 5) is 25.7. The van der Waals surface area contributed by atoms with E-state index in [1.54, 1.807) is 6.20 Å². The van der Waals surface area contributed by atoms with Gasteiger partial charge in [0.25, 0.3) is 0 Å². The molecule has 132 valence electrons. The molecule has 0 spiro atoms. The predicted molar refractivity (Wildman–Crippen MR) is 91.7 cm³/mol. The Bertz CT molecular complexity index is 528. The fraction of sp³-hybridized carbons (Fsp3) is 0.722. The second-order valence-corrected chi connectivity index (χ2v) is 6.97. The average molecular weight is 332 g/mol. The van der Waals surface area contributed by atoms with Gasteiger partial charge in [-0.15, -0.1) is 0 Å². The Labute approximate surface area is 144 Å². The highest BCUT2D eigenvalue weighted by atomic mass is 16.5. The van der Waals surface area contributed by atoms with Crippen LogP contribution < -0.4 is 0 Å². The Morgan fingerprint density at radius 1 is 1.21 bits per heavy atom. The van der Waals surface area contributed by atoms with Crippen molar-refractivity contribution in [1.29, 1.82) is 0 Å². The van der Waals surface area contributed by atoms with Crippen molar-refractivity contribution in [2.24, 2.45) is 5.92 Å². The molecular formula is C18H28N4O2. The first-order chi connectivity index (χ1) is 11.7. The first-order valence-electron chi connectivity index (χ1n) is 9.06. The summed E-state index contributed by atoms with van der Waals surface area (Å²) in [7, 11) is 0. The van der Waals surface area contributed by atoms with Crippen molar-refractivity contribution in [2.75, 3.05) is 45.9 Å². The maximum Gasteiger partial charge on any atom is 0.236 e. The van der Waals surface area contributed by atoms with Crippen LogP contribution in [0.15, 0.2) is 12.4 Å². The van der Waals surface area contributed by atoms with Crippen molar-refractivity contribution in [2.45, 2.75) is 32.6 Å². The van der Waals surface area contributed by atoms with Crippen LogP contribution in [0.3, 0.4) is 0 Å². The molecule has 2 aliphatic rings. The lowest BCUT2D eigenvalue weighted by molar-refractivity contribution is -0.133. The summed E-state index contributed by atoms with van der Waals surface area (Å²) in [5, 5.41) is 0. The molecular weight excluding hydrogens is 304 g/mol. The van der Waals surface area contributed by atoms with Crippen molar-refractivity contribution in [3.8, 4) is 0 Å². The number of nitrogens with zero attached hydrogens (tertiary/aromatic N) is 4. The summed E-state index contributed by atoms with van der Waals surface area (Å²) < 4.78 is 5.72. The first kappa shape index (κ1) is 17.3. The minimum atomic E-state index is 0.238. The monoisotopic (exact) mass is 332 g/mol. The van der Waals surface area contributed by atoms with Crippen LogP contribution in [0.5, 0.6) is 0 Å². The molecule has 0 saturated carbocycles. The Balaban J connectivity index is 1.55. The minimum Gasteiger partial charge on any atom is -0.379 e. The van der Waals surface area contributed by atoms with E-state index in [-0.39, 0.29) is 11.8 Å². The predicted octanol–water partition coefficient (Wildman–Crippen LogP) is 1.29. The molecule has 0 N–H and O–H groups in total. The Morgan fingerprint density at radius 2 is 2.04 bits per heavy atom. The van der Waals surface area contributed by atoms with Crippen LogP contribution in [-0.2, 0) is 16.0 Å². The van der Waals surface area contributed by atoms with Crippen molar-refractivity contribution in [3.05, 3.63) is 23.8 Å². The highest BCUT2D eigenvalue weighted by Crippen LogP contribution is 2.14. The topological polar surface area (TPSA) is 58.6 Å². The third kappa shape index (κ3) is 4.98. The van der Waals surface area contributed by atoms with Crippen LogP contribution in [0.2, 0.25) is 0 Å². The molecule has 2 aliphatic heterocycles. The first-order valence-corrected chi connectivity index (χ1v) is 9.06. The van der Waals surface area contributed by atoms with Gasteiger partial charge >= 0.3 is 0 Å². The van der Waals surface area contributed by atoms with Gasteiger partial charge in [0.05, 0.1) is 31.1 Å². The SMILES string of the molecule is Cc1cnc(C[C@H]2COCCN(C(=O)CN3CCCCC3)C2)cn1. The van der Waals surface area contributed by atoms with E-state index in [0.717, 1.165) is 37.4 Å². The normalized spacial score (nSPS) is 23.0. The number of amides is 1. The van der Waals surface area contributed by atoms with Gasteiger partial charge in [-0.25, -0.2) is 0 Å². The Hall–Kier alpha value is -1.53. The summed E-state index contributed by atoms with van der Waals surface area (Å²) in [5.41, 5.74) is 1.90. The molecule has 1 amide bonds. The standard InChI is InChI=1S/C18H28N4O2/c1-15-10-20-17(11-19-15)9-16-12-22(7-8-24-14-16)18(23)13-21-5-3-2-4-6-21/h10-11,16H,2-9,12-14H2,1H3/t16-/m1/s1. The second-order valence-electron chi connectivity index (χ2n) is 6.97. The van der Waals surface area contributed by atoms with Crippen LogP contribution >= 0.6 is 0 Å². The molecule has 2 fully saturated rings. The van der Waals surface area contributed by atoms with Gasteiger partial charge in [-0.05, 0) is 39.3 Å². The van der Waals surface area contributed by atoms with Crippen molar-refractivity contribution < 1.29 is 9.53 Å². The lowest BCUT2D eigenvalue weighted by Crippen LogP contribution is -2.44. The van der Waals surface area contributed by atoms with Crippen molar-refractivity contribution >= 4 is 5.91 Å². The third-order valence-electron chi connectivity index (χ3n) is 4.83. The largest absolute Gasteiger partial charge is 0.379 e. The van der Waals surface area contributed by atoms with Crippen LogP contribution in [0, 0.1) is 12.8 Å². The number of carbonyl (C=O) groups is 1.